The highest BCUT2D eigenvalue weighted by Crippen LogP contribution is 2.24. The molecule has 0 radical (unpaired) electrons. The minimum absolute atomic E-state index is 0.0181. The Bertz CT molecular complexity index is 131. The van der Waals surface area contributed by atoms with Crippen molar-refractivity contribution in [2.75, 3.05) is 33.9 Å². The van der Waals surface area contributed by atoms with E-state index in [1.807, 2.05) is 6.92 Å². The van der Waals surface area contributed by atoms with Crippen LogP contribution in [-0.4, -0.2) is 59.7 Å². The summed E-state index contributed by atoms with van der Waals surface area (Å²) in [6.45, 7) is 1.63. The van der Waals surface area contributed by atoms with Crippen LogP contribution in [0.3, 0.4) is 0 Å². The lowest BCUT2D eigenvalue weighted by Gasteiger charge is -2.42. The number of aliphatic hydroxyl groups is 3. The van der Waals surface area contributed by atoms with E-state index in [1.54, 1.807) is 19.0 Å². The first-order valence-electron chi connectivity index (χ1n) is 4.59. The van der Waals surface area contributed by atoms with Crippen LogP contribution in [0, 0.1) is 5.92 Å². The summed E-state index contributed by atoms with van der Waals surface area (Å²) in [5.41, 5.74) is -0.705. The lowest BCUT2D eigenvalue weighted by Crippen LogP contribution is -2.57. The Hall–Kier alpha value is -0.160. The third-order valence-corrected chi connectivity index (χ3v) is 2.91. The summed E-state index contributed by atoms with van der Waals surface area (Å²) in [5.74, 6) is -0.0995. The number of nitrogens with zero attached hydrogens (tertiary/aromatic N) is 1. The molecule has 4 nitrogen and oxygen atoms in total. The summed E-state index contributed by atoms with van der Waals surface area (Å²) in [4.78, 5) is 1.78. The summed E-state index contributed by atoms with van der Waals surface area (Å²) in [6, 6.07) is 0. The van der Waals surface area contributed by atoms with E-state index < -0.39 is 5.54 Å². The minimum Gasteiger partial charge on any atom is -0.396 e. The van der Waals surface area contributed by atoms with Crippen LogP contribution in [0.25, 0.3) is 0 Å². The van der Waals surface area contributed by atoms with Gasteiger partial charge in [-0.05, 0) is 20.5 Å². The Morgan fingerprint density at radius 2 is 1.62 bits per heavy atom. The predicted molar refractivity (Wildman–Crippen MR) is 51.5 cm³/mol. The van der Waals surface area contributed by atoms with E-state index in [9.17, 15) is 10.2 Å². The zero-order valence-electron chi connectivity index (χ0n) is 8.69. The third-order valence-electron chi connectivity index (χ3n) is 2.91. The van der Waals surface area contributed by atoms with Crippen LogP contribution in [0.5, 0.6) is 0 Å². The first-order valence-corrected chi connectivity index (χ1v) is 4.59. The van der Waals surface area contributed by atoms with Gasteiger partial charge >= 0.3 is 0 Å². The Balaban J connectivity index is 4.71. The molecule has 0 aliphatic carbocycles. The Morgan fingerprint density at radius 3 is 1.69 bits per heavy atom. The van der Waals surface area contributed by atoms with E-state index in [1.165, 1.54) is 0 Å². The molecule has 0 aliphatic heterocycles. The highest BCUT2D eigenvalue weighted by molar-refractivity contribution is 4.92. The maximum atomic E-state index is 9.27. The van der Waals surface area contributed by atoms with E-state index in [2.05, 4.69) is 0 Å². The van der Waals surface area contributed by atoms with E-state index in [0.717, 1.165) is 6.42 Å². The van der Waals surface area contributed by atoms with Gasteiger partial charge in [-0.1, -0.05) is 6.92 Å². The molecule has 0 bridgehead atoms. The molecule has 1 atom stereocenters. The molecule has 4 heteroatoms. The van der Waals surface area contributed by atoms with E-state index >= 15 is 0 Å². The van der Waals surface area contributed by atoms with Crippen molar-refractivity contribution in [1.29, 1.82) is 0 Å². The van der Waals surface area contributed by atoms with Crippen LogP contribution in [0.2, 0.25) is 0 Å². The molecule has 3 N–H and O–H groups in total. The van der Waals surface area contributed by atoms with Gasteiger partial charge in [-0.3, -0.25) is 4.90 Å². The van der Waals surface area contributed by atoms with Crippen LogP contribution in [0.15, 0.2) is 0 Å². The fourth-order valence-corrected chi connectivity index (χ4v) is 1.64. The SMILES string of the molecule is CCC(CO)C(CO)(CO)N(C)C. The number of likely N-dealkylation sites (N-methyl/N-ethyl adjacent to an activating group) is 1. The predicted octanol–water partition coefficient (Wildman–Crippen LogP) is -0.710. The maximum Gasteiger partial charge on any atom is 0.0718 e. The molecule has 1 unspecified atom stereocenters. The van der Waals surface area contributed by atoms with Crippen LogP contribution >= 0.6 is 0 Å². The monoisotopic (exact) mass is 191 g/mol. The molecule has 13 heavy (non-hydrogen) atoms. The van der Waals surface area contributed by atoms with Gasteiger partial charge < -0.3 is 15.3 Å². The summed E-state index contributed by atoms with van der Waals surface area (Å²) < 4.78 is 0. The molecule has 0 aromatic carbocycles. The van der Waals surface area contributed by atoms with E-state index in [4.69, 9.17) is 5.11 Å². The molecule has 0 aliphatic rings. The second-order valence-electron chi connectivity index (χ2n) is 3.60. The molecule has 0 spiro atoms. The third kappa shape index (κ3) is 2.40. The number of rotatable bonds is 6. The largest absolute Gasteiger partial charge is 0.396 e. The summed E-state index contributed by atoms with van der Waals surface area (Å²) >= 11 is 0. The Kier molecular flexibility index (Phi) is 5.48. The van der Waals surface area contributed by atoms with Crippen molar-refractivity contribution in [3.63, 3.8) is 0 Å². The first-order chi connectivity index (χ1) is 6.08. The lowest BCUT2D eigenvalue weighted by molar-refractivity contribution is -0.0448. The Labute approximate surface area is 79.8 Å². The van der Waals surface area contributed by atoms with Gasteiger partial charge in [0.1, 0.15) is 0 Å². The second-order valence-corrected chi connectivity index (χ2v) is 3.60. The molecular weight excluding hydrogens is 170 g/mol. The summed E-state index contributed by atoms with van der Waals surface area (Å²) in [7, 11) is 3.59. The molecule has 0 amide bonds. The quantitative estimate of drug-likeness (QED) is 0.519. The molecule has 0 rings (SSSR count). The maximum absolute atomic E-state index is 9.27. The average Bonchev–Trinajstić information content (AvgIpc) is 2.13. The summed E-state index contributed by atoms with van der Waals surface area (Å²) in [5, 5.41) is 27.7. The van der Waals surface area contributed by atoms with Gasteiger partial charge in [-0.15, -0.1) is 0 Å². The molecule has 0 saturated carbocycles. The number of hydrogen-bond acceptors (Lipinski definition) is 4. The average molecular weight is 191 g/mol. The van der Waals surface area contributed by atoms with Crippen LogP contribution in [-0.2, 0) is 0 Å². The van der Waals surface area contributed by atoms with Gasteiger partial charge in [-0.25, -0.2) is 0 Å². The van der Waals surface area contributed by atoms with E-state index in [-0.39, 0.29) is 25.7 Å². The van der Waals surface area contributed by atoms with Crippen molar-refractivity contribution in [3.05, 3.63) is 0 Å². The topological polar surface area (TPSA) is 63.9 Å². The molecule has 0 aromatic heterocycles. The van der Waals surface area contributed by atoms with Crippen LogP contribution < -0.4 is 0 Å². The lowest BCUT2D eigenvalue weighted by atomic mass is 9.82. The molecule has 0 saturated heterocycles. The summed E-state index contributed by atoms with van der Waals surface area (Å²) in [6.07, 6.45) is 0.732. The van der Waals surface area contributed by atoms with Gasteiger partial charge in [0.15, 0.2) is 0 Å². The van der Waals surface area contributed by atoms with Gasteiger partial charge in [0.2, 0.25) is 0 Å². The van der Waals surface area contributed by atoms with Gasteiger partial charge in [0.05, 0.1) is 18.8 Å². The van der Waals surface area contributed by atoms with E-state index in [0.29, 0.717) is 0 Å². The van der Waals surface area contributed by atoms with Crippen molar-refractivity contribution in [1.82, 2.24) is 4.90 Å². The van der Waals surface area contributed by atoms with Crippen LogP contribution in [0.4, 0.5) is 0 Å². The molecule has 0 aromatic rings. The zero-order chi connectivity index (χ0) is 10.5. The molecule has 0 heterocycles. The van der Waals surface area contributed by atoms with Crippen LogP contribution in [0.1, 0.15) is 13.3 Å². The molecule has 80 valence electrons. The van der Waals surface area contributed by atoms with Crippen molar-refractivity contribution in [2.45, 2.75) is 18.9 Å². The number of aliphatic hydroxyl groups excluding tert-OH is 3. The second kappa shape index (κ2) is 5.54. The first kappa shape index (κ1) is 12.8. The van der Waals surface area contributed by atoms with Gasteiger partial charge in [-0.2, -0.15) is 0 Å². The van der Waals surface area contributed by atoms with Crippen molar-refractivity contribution < 1.29 is 15.3 Å². The highest BCUT2D eigenvalue weighted by atomic mass is 16.3. The zero-order valence-corrected chi connectivity index (χ0v) is 8.69. The standard InChI is InChI=1S/C9H21NO3/c1-4-8(5-11)9(6-12,7-13)10(2)3/h8,11-13H,4-7H2,1-3H3. The van der Waals surface area contributed by atoms with Gasteiger partial charge in [0.25, 0.3) is 0 Å². The van der Waals surface area contributed by atoms with Crippen molar-refractivity contribution >= 4 is 0 Å². The number of hydrogen-bond donors (Lipinski definition) is 3. The smallest absolute Gasteiger partial charge is 0.0718 e. The fraction of sp³-hybridized carbons (Fsp3) is 1.00. The van der Waals surface area contributed by atoms with Crippen molar-refractivity contribution in [3.8, 4) is 0 Å². The van der Waals surface area contributed by atoms with Gasteiger partial charge in [0, 0.05) is 12.5 Å². The highest BCUT2D eigenvalue weighted by Gasteiger charge is 2.38. The molecular formula is C9H21NO3. The molecule has 0 fully saturated rings. The Morgan fingerprint density at radius 1 is 1.15 bits per heavy atom. The normalized spacial score (nSPS) is 15.0. The fourth-order valence-electron chi connectivity index (χ4n) is 1.64. The minimum atomic E-state index is -0.705. The van der Waals surface area contributed by atoms with Crippen molar-refractivity contribution in [2.24, 2.45) is 5.92 Å².